The Kier molecular flexibility index (Phi) is 4.56. The normalized spacial score (nSPS) is 11.0. The van der Waals surface area contributed by atoms with Gasteiger partial charge < -0.3 is 11.5 Å². The Hall–Kier alpha value is -3.25. The van der Waals surface area contributed by atoms with Crippen LogP contribution >= 0.6 is 11.8 Å². The first-order valence-corrected chi connectivity index (χ1v) is 9.45. The molecule has 134 valence electrons. The number of aromatic nitrogens is 2. The molecule has 4 rings (SSSR count). The number of hydrogen-bond donors (Lipinski definition) is 3. The third-order valence-corrected chi connectivity index (χ3v) is 5.31. The van der Waals surface area contributed by atoms with Gasteiger partial charge in [0.1, 0.15) is 0 Å². The molecule has 0 spiro atoms. The molecule has 0 unspecified atom stereocenters. The van der Waals surface area contributed by atoms with Crippen molar-refractivity contribution in [1.82, 2.24) is 9.97 Å². The van der Waals surface area contributed by atoms with E-state index in [1.165, 1.54) is 5.56 Å². The van der Waals surface area contributed by atoms with Crippen LogP contribution in [-0.4, -0.2) is 9.97 Å². The standard InChI is InChI=1S/C21H18N4OS/c22-16-9-15(19-18(11-16)20(26)25-21(23)24-19)12-27-17-8-4-7-14(10-17)13-5-2-1-3-6-13/h1-11H,12,22H2,(H3,23,24,25,26). The zero-order chi connectivity index (χ0) is 18.8. The van der Waals surface area contributed by atoms with E-state index < -0.39 is 0 Å². The number of hydrogen-bond acceptors (Lipinski definition) is 5. The first-order valence-electron chi connectivity index (χ1n) is 8.46. The average Bonchev–Trinajstić information content (AvgIpc) is 2.68. The SMILES string of the molecule is Nc1cc(CSc2cccc(-c3ccccc3)c2)c2nc(N)[nH]c(=O)c2c1. The third kappa shape index (κ3) is 3.66. The molecule has 5 nitrogen and oxygen atoms in total. The lowest BCUT2D eigenvalue weighted by Gasteiger charge is -2.09. The van der Waals surface area contributed by atoms with Gasteiger partial charge >= 0.3 is 0 Å². The van der Waals surface area contributed by atoms with E-state index in [4.69, 9.17) is 11.5 Å². The molecule has 0 saturated carbocycles. The smallest absolute Gasteiger partial charge is 0.260 e. The Balaban J connectivity index is 1.66. The van der Waals surface area contributed by atoms with E-state index in [0.717, 1.165) is 16.0 Å². The topological polar surface area (TPSA) is 97.8 Å². The van der Waals surface area contributed by atoms with Crippen LogP contribution in [0.5, 0.6) is 0 Å². The molecule has 4 aromatic rings. The van der Waals surface area contributed by atoms with E-state index in [0.29, 0.717) is 22.3 Å². The van der Waals surface area contributed by atoms with Gasteiger partial charge in [-0.15, -0.1) is 11.8 Å². The number of nitrogens with zero attached hydrogens (tertiary/aromatic N) is 1. The summed E-state index contributed by atoms with van der Waals surface area (Å²) in [6.07, 6.45) is 0. The molecule has 0 radical (unpaired) electrons. The molecule has 5 N–H and O–H groups in total. The van der Waals surface area contributed by atoms with Crippen molar-refractivity contribution in [2.45, 2.75) is 10.6 Å². The minimum atomic E-state index is -0.276. The van der Waals surface area contributed by atoms with Crippen LogP contribution in [0.4, 0.5) is 11.6 Å². The van der Waals surface area contributed by atoms with Crippen molar-refractivity contribution in [1.29, 1.82) is 0 Å². The van der Waals surface area contributed by atoms with Gasteiger partial charge in [0.05, 0.1) is 10.9 Å². The Labute approximate surface area is 160 Å². The third-order valence-electron chi connectivity index (χ3n) is 4.27. The van der Waals surface area contributed by atoms with Gasteiger partial charge in [-0.2, -0.15) is 0 Å². The number of fused-ring (bicyclic) bond motifs is 1. The number of anilines is 2. The van der Waals surface area contributed by atoms with E-state index >= 15 is 0 Å². The van der Waals surface area contributed by atoms with Gasteiger partial charge in [0, 0.05) is 16.3 Å². The lowest BCUT2D eigenvalue weighted by molar-refractivity contribution is 1.18. The van der Waals surface area contributed by atoms with Crippen molar-refractivity contribution in [3.05, 3.63) is 82.6 Å². The second kappa shape index (κ2) is 7.17. The number of thioether (sulfide) groups is 1. The van der Waals surface area contributed by atoms with Gasteiger partial charge in [-0.05, 0) is 41.0 Å². The van der Waals surface area contributed by atoms with Crippen molar-refractivity contribution in [3.63, 3.8) is 0 Å². The number of rotatable bonds is 4. The lowest BCUT2D eigenvalue weighted by atomic mass is 10.1. The zero-order valence-electron chi connectivity index (χ0n) is 14.5. The molecule has 0 aliphatic rings. The van der Waals surface area contributed by atoms with Crippen molar-refractivity contribution >= 4 is 34.3 Å². The molecular weight excluding hydrogens is 356 g/mol. The highest BCUT2D eigenvalue weighted by Gasteiger charge is 2.10. The van der Waals surface area contributed by atoms with Crippen LogP contribution in [0.2, 0.25) is 0 Å². The number of nitrogen functional groups attached to an aromatic ring is 2. The van der Waals surface area contributed by atoms with Crippen LogP contribution in [-0.2, 0) is 5.75 Å². The molecule has 0 aliphatic heterocycles. The fraction of sp³-hybridized carbons (Fsp3) is 0.0476. The van der Waals surface area contributed by atoms with Crippen LogP contribution in [0.1, 0.15) is 5.56 Å². The molecular formula is C21H18N4OS. The summed E-state index contributed by atoms with van der Waals surface area (Å²) in [5, 5.41) is 0.456. The minimum absolute atomic E-state index is 0.106. The molecule has 1 heterocycles. The van der Waals surface area contributed by atoms with Gasteiger partial charge in [-0.1, -0.05) is 42.5 Å². The largest absolute Gasteiger partial charge is 0.399 e. The number of aromatic amines is 1. The van der Waals surface area contributed by atoms with Gasteiger partial charge in [0.15, 0.2) is 0 Å². The summed E-state index contributed by atoms with van der Waals surface area (Å²) in [6, 6.07) is 22.1. The summed E-state index contributed by atoms with van der Waals surface area (Å²) in [7, 11) is 0. The predicted octanol–water partition coefficient (Wildman–Crippen LogP) is 4.05. The molecule has 27 heavy (non-hydrogen) atoms. The fourth-order valence-corrected chi connectivity index (χ4v) is 3.95. The molecule has 0 bridgehead atoms. The van der Waals surface area contributed by atoms with E-state index in [9.17, 15) is 4.79 Å². The molecule has 0 saturated heterocycles. The zero-order valence-corrected chi connectivity index (χ0v) is 15.3. The van der Waals surface area contributed by atoms with Gasteiger partial charge in [0.2, 0.25) is 5.95 Å². The highest BCUT2D eigenvalue weighted by atomic mass is 32.2. The van der Waals surface area contributed by atoms with Crippen molar-refractivity contribution in [2.75, 3.05) is 11.5 Å². The molecule has 6 heteroatoms. The first-order chi connectivity index (χ1) is 13.1. The Morgan fingerprint density at radius 3 is 2.52 bits per heavy atom. The maximum Gasteiger partial charge on any atom is 0.260 e. The van der Waals surface area contributed by atoms with Crippen molar-refractivity contribution in [3.8, 4) is 11.1 Å². The predicted molar refractivity (Wildman–Crippen MR) is 113 cm³/mol. The van der Waals surface area contributed by atoms with Crippen molar-refractivity contribution in [2.24, 2.45) is 0 Å². The second-order valence-corrected chi connectivity index (χ2v) is 7.26. The molecule has 3 aromatic carbocycles. The van der Waals surface area contributed by atoms with Gasteiger partial charge in [-0.3, -0.25) is 9.78 Å². The molecule has 0 amide bonds. The summed E-state index contributed by atoms with van der Waals surface area (Å²) in [6.45, 7) is 0. The first kappa shape index (κ1) is 17.2. The summed E-state index contributed by atoms with van der Waals surface area (Å²) < 4.78 is 0. The summed E-state index contributed by atoms with van der Waals surface area (Å²) in [4.78, 5) is 20.1. The highest BCUT2D eigenvalue weighted by Crippen LogP contribution is 2.30. The highest BCUT2D eigenvalue weighted by molar-refractivity contribution is 7.98. The number of benzene rings is 3. The fourth-order valence-electron chi connectivity index (χ4n) is 3.02. The van der Waals surface area contributed by atoms with Crippen LogP contribution in [0.25, 0.3) is 22.0 Å². The number of nitrogens with two attached hydrogens (primary N) is 2. The van der Waals surface area contributed by atoms with Gasteiger partial charge in [-0.25, -0.2) is 4.98 Å². The maximum absolute atomic E-state index is 12.1. The Bertz CT molecular complexity index is 1170. The molecule has 0 atom stereocenters. The van der Waals surface area contributed by atoms with E-state index in [1.807, 2.05) is 30.3 Å². The number of nitrogens with one attached hydrogen (secondary N) is 1. The van der Waals surface area contributed by atoms with Crippen LogP contribution in [0.3, 0.4) is 0 Å². The van der Waals surface area contributed by atoms with Crippen LogP contribution < -0.4 is 17.0 Å². The van der Waals surface area contributed by atoms with Crippen LogP contribution in [0.15, 0.2) is 76.4 Å². The summed E-state index contributed by atoms with van der Waals surface area (Å²) >= 11 is 1.67. The minimum Gasteiger partial charge on any atom is -0.399 e. The Morgan fingerprint density at radius 2 is 1.70 bits per heavy atom. The molecule has 0 aliphatic carbocycles. The quantitative estimate of drug-likeness (QED) is 0.370. The van der Waals surface area contributed by atoms with Crippen molar-refractivity contribution < 1.29 is 0 Å². The van der Waals surface area contributed by atoms with E-state index in [2.05, 4.69) is 40.3 Å². The average molecular weight is 374 g/mol. The van der Waals surface area contributed by atoms with E-state index in [-0.39, 0.29) is 11.5 Å². The van der Waals surface area contributed by atoms with Crippen LogP contribution in [0, 0.1) is 0 Å². The molecule has 1 aromatic heterocycles. The summed E-state index contributed by atoms with van der Waals surface area (Å²) in [5.41, 5.74) is 15.8. The molecule has 0 fully saturated rings. The van der Waals surface area contributed by atoms with E-state index in [1.54, 1.807) is 17.8 Å². The summed E-state index contributed by atoms with van der Waals surface area (Å²) in [5.74, 6) is 0.741. The monoisotopic (exact) mass is 374 g/mol. The lowest BCUT2D eigenvalue weighted by Crippen LogP contribution is -2.12. The maximum atomic E-state index is 12.1. The van der Waals surface area contributed by atoms with Gasteiger partial charge in [0.25, 0.3) is 5.56 Å². The number of H-pyrrole nitrogens is 1. The second-order valence-electron chi connectivity index (χ2n) is 6.21. The Morgan fingerprint density at radius 1 is 0.926 bits per heavy atom.